The molecule has 2 aromatic carbocycles. The molecule has 0 spiro atoms. The molecule has 0 heterocycles. The highest BCUT2D eigenvalue weighted by atomic mass is 32.2. The Balaban J connectivity index is 1.74. The van der Waals surface area contributed by atoms with E-state index in [2.05, 4.69) is 10.0 Å². The molecular weight excluding hydrogens is 364 g/mol. The summed E-state index contributed by atoms with van der Waals surface area (Å²) in [5, 5.41) is 2.67. The summed E-state index contributed by atoms with van der Waals surface area (Å²) in [7, 11) is -3.35. The Morgan fingerprint density at radius 2 is 1.70 bits per heavy atom. The molecule has 0 atom stereocenters. The van der Waals surface area contributed by atoms with Gasteiger partial charge >= 0.3 is 6.09 Å². The van der Waals surface area contributed by atoms with Crippen molar-refractivity contribution in [2.24, 2.45) is 5.92 Å². The van der Waals surface area contributed by atoms with Crippen molar-refractivity contribution in [3.63, 3.8) is 0 Å². The van der Waals surface area contributed by atoms with E-state index in [0.29, 0.717) is 18.0 Å². The fraction of sp³-hybridized carbons (Fsp3) is 0.350. The molecule has 1 amide bonds. The lowest BCUT2D eigenvalue weighted by Crippen LogP contribution is -2.26. The van der Waals surface area contributed by atoms with Crippen LogP contribution in [0.2, 0.25) is 0 Å². The molecule has 0 saturated heterocycles. The van der Waals surface area contributed by atoms with E-state index in [9.17, 15) is 13.2 Å². The molecule has 0 unspecified atom stereocenters. The quantitative estimate of drug-likeness (QED) is 0.733. The number of hydrogen-bond donors (Lipinski definition) is 2. The normalized spacial score (nSPS) is 14.3. The second-order valence-electron chi connectivity index (χ2n) is 6.69. The second-order valence-corrected chi connectivity index (χ2v) is 8.45. The minimum Gasteiger partial charge on any atom is -0.450 e. The van der Waals surface area contributed by atoms with Crippen LogP contribution in [0.15, 0.2) is 48.5 Å². The lowest BCUT2D eigenvalue weighted by atomic mass is 9.87. The zero-order chi connectivity index (χ0) is 19.3. The fourth-order valence-corrected chi connectivity index (χ4v) is 4.54. The standard InChI is InChI=1S/C20H24N2O4S/c1-2-26-20(23)21-18-10-4-8-16(12-18)17-9-5-11-19(13-17)22-27(24,25)14-15-6-3-7-15/h4-5,8-13,15,22H,2-3,6-7,14H2,1H3,(H,21,23). The average molecular weight is 388 g/mol. The van der Waals surface area contributed by atoms with Gasteiger partial charge in [0.05, 0.1) is 12.4 Å². The number of sulfonamides is 1. The van der Waals surface area contributed by atoms with Gasteiger partial charge in [-0.3, -0.25) is 10.0 Å². The highest BCUT2D eigenvalue weighted by molar-refractivity contribution is 7.92. The van der Waals surface area contributed by atoms with Gasteiger partial charge in [-0.1, -0.05) is 30.7 Å². The van der Waals surface area contributed by atoms with Crippen LogP contribution in [0, 0.1) is 5.92 Å². The molecule has 1 fully saturated rings. The van der Waals surface area contributed by atoms with Gasteiger partial charge in [-0.15, -0.1) is 0 Å². The van der Waals surface area contributed by atoms with E-state index in [0.717, 1.165) is 30.4 Å². The van der Waals surface area contributed by atoms with Gasteiger partial charge in [0.1, 0.15) is 0 Å². The van der Waals surface area contributed by atoms with Crippen LogP contribution in [0.4, 0.5) is 16.2 Å². The van der Waals surface area contributed by atoms with Crippen LogP contribution in [-0.2, 0) is 14.8 Å². The van der Waals surface area contributed by atoms with Crippen LogP contribution < -0.4 is 10.0 Å². The van der Waals surface area contributed by atoms with Crippen LogP contribution in [-0.4, -0.2) is 26.9 Å². The molecule has 0 radical (unpaired) electrons. The third-order valence-corrected chi connectivity index (χ3v) is 5.99. The van der Waals surface area contributed by atoms with Crippen molar-refractivity contribution >= 4 is 27.5 Å². The molecule has 1 aliphatic rings. The maximum absolute atomic E-state index is 12.3. The Hall–Kier alpha value is -2.54. The maximum Gasteiger partial charge on any atom is 0.411 e. The highest BCUT2D eigenvalue weighted by Gasteiger charge is 2.24. The number of nitrogens with one attached hydrogen (secondary N) is 2. The van der Waals surface area contributed by atoms with Gasteiger partial charge in [0.15, 0.2) is 0 Å². The van der Waals surface area contributed by atoms with Crippen molar-refractivity contribution in [2.45, 2.75) is 26.2 Å². The lowest BCUT2D eigenvalue weighted by Gasteiger charge is -2.25. The highest BCUT2D eigenvalue weighted by Crippen LogP contribution is 2.29. The van der Waals surface area contributed by atoms with Crippen molar-refractivity contribution in [3.8, 4) is 11.1 Å². The fourth-order valence-electron chi connectivity index (χ4n) is 3.01. The first-order valence-electron chi connectivity index (χ1n) is 9.10. The maximum atomic E-state index is 12.3. The topological polar surface area (TPSA) is 84.5 Å². The molecule has 1 aliphatic carbocycles. The Labute approximate surface area is 160 Å². The van der Waals surface area contributed by atoms with E-state index >= 15 is 0 Å². The zero-order valence-corrected chi connectivity index (χ0v) is 16.1. The van der Waals surface area contributed by atoms with Gasteiger partial charge < -0.3 is 4.74 Å². The Bertz CT molecular complexity index is 908. The predicted octanol–water partition coefficient (Wildman–Crippen LogP) is 4.46. The Kier molecular flexibility index (Phi) is 6.01. The number of benzene rings is 2. The number of carbonyl (C=O) groups is 1. The molecular formula is C20H24N2O4S. The summed E-state index contributed by atoms with van der Waals surface area (Å²) >= 11 is 0. The van der Waals surface area contributed by atoms with E-state index in [-0.39, 0.29) is 11.7 Å². The number of ether oxygens (including phenoxy) is 1. The van der Waals surface area contributed by atoms with E-state index in [1.807, 2.05) is 30.3 Å². The van der Waals surface area contributed by atoms with Crippen molar-refractivity contribution in [1.29, 1.82) is 0 Å². The van der Waals surface area contributed by atoms with E-state index in [4.69, 9.17) is 4.74 Å². The minimum absolute atomic E-state index is 0.177. The molecule has 0 bridgehead atoms. The van der Waals surface area contributed by atoms with Gasteiger partial charge in [-0.05, 0) is 61.1 Å². The Morgan fingerprint density at radius 3 is 2.30 bits per heavy atom. The van der Waals surface area contributed by atoms with Crippen molar-refractivity contribution in [3.05, 3.63) is 48.5 Å². The van der Waals surface area contributed by atoms with Gasteiger partial charge in [-0.2, -0.15) is 0 Å². The zero-order valence-electron chi connectivity index (χ0n) is 15.3. The first-order valence-corrected chi connectivity index (χ1v) is 10.7. The number of rotatable bonds is 7. The van der Waals surface area contributed by atoms with Crippen LogP contribution >= 0.6 is 0 Å². The summed E-state index contributed by atoms with van der Waals surface area (Å²) in [4.78, 5) is 11.6. The van der Waals surface area contributed by atoms with Gasteiger partial charge in [0.25, 0.3) is 0 Å². The number of hydrogen-bond acceptors (Lipinski definition) is 4. The SMILES string of the molecule is CCOC(=O)Nc1cccc(-c2cccc(NS(=O)(=O)CC3CCC3)c2)c1. The number of amides is 1. The number of carbonyl (C=O) groups excluding carboxylic acids is 1. The summed E-state index contributed by atoms with van der Waals surface area (Å²) in [6.45, 7) is 2.04. The first kappa shape index (κ1) is 19.2. The van der Waals surface area contributed by atoms with E-state index in [1.165, 1.54) is 0 Å². The van der Waals surface area contributed by atoms with Gasteiger partial charge in [0.2, 0.25) is 10.0 Å². The summed E-state index contributed by atoms with van der Waals surface area (Å²) in [5.74, 6) is 0.451. The third-order valence-electron chi connectivity index (χ3n) is 4.53. The van der Waals surface area contributed by atoms with Crippen LogP contribution in [0.3, 0.4) is 0 Å². The second kappa shape index (κ2) is 8.43. The van der Waals surface area contributed by atoms with Gasteiger partial charge in [0, 0.05) is 11.4 Å². The van der Waals surface area contributed by atoms with Crippen molar-refractivity contribution in [1.82, 2.24) is 0 Å². The van der Waals surface area contributed by atoms with E-state index in [1.54, 1.807) is 25.1 Å². The molecule has 1 saturated carbocycles. The monoisotopic (exact) mass is 388 g/mol. The Morgan fingerprint density at radius 1 is 1.07 bits per heavy atom. The smallest absolute Gasteiger partial charge is 0.411 e. The molecule has 2 N–H and O–H groups in total. The summed E-state index contributed by atoms with van der Waals surface area (Å²) in [5.41, 5.74) is 2.87. The lowest BCUT2D eigenvalue weighted by molar-refractivity contribution is 0.168. The average Bonchev–Trinajstić information content (AvgIpc) is 2.59. The first-order chi connectivity index (χ1) is 12.9. The summed E-state index contributed by atoms with van der Waals surface area (Å²) in [6.07, 6.45) is 2.58. The van der Waals surface area contributed by atoms with Crippen molar-refractivity contribution < 1.29 is 17.9 Å². The van der Waals surface area contributed by atoms with Crippen LogP contribution in [0.5, 0.6) is 0 Å². The molecule has 2 aromatic rings. The molecule has 0 aromatic heterocycles. The molecule has 3 rings (SSSR count). The van der Waals surface area contributed by atoms with Crippen LogP contribution in [0.25, 0.3) is 11.1 Å². The van der Waals surface area contributed by atoms with Gasteiger partial charge in [-0.25, -0.2) is 13.2 Å². The minimum atomic E-state index is -3.35. The number of anilines is 2. The molecule has 6 nitrogen and oxygen atoms in total. The molecule has 144 valence electrons. The summed E-state index contributed by atoms with van der Waals surface area (Å²) < 4.78 is 32.2. The predicted molar refractivity (Wildman–Crippen MR) is 107 cm³/mol. The largest absolute Gasteiger partial charge is 0.450 e. The third kappa shape index (κ3) is 5.47. The van der Waals surface area contributed by atoms with Crippen LogP contribution in [0.1, 0.15) is 26.2 Å². The molecule has 27 heavy (non-hydrogen) atoms. The molecule has 0 aliphatic heterocycles. The van der Waals surface area contributed by atoms with E-state index < -0.39 is 16.1 Å². The summed E-state index contributed by atoms with van der Waals surface area (Å²) in [6, 6.07) is 14.5. The van der Waals surface area contributed by atoms with Crippen molar-refractivity contribution in [2.75, 3.05) is 22.4 Å². The molecule has 7 heteroatoms.